The van der Waals surface area contributed by atoms with Crippen LogP contribution in [-0.4, -0.2) is 75.4 Å². The number of nitrogens with zero attached hydrogens (tertiary/aromatic N) is 4. The van der Waals surface area contributed by atoms with Crippen LogP contribution in [0, 0.1) is 13.8 Å². The number of ether oxygens (including phenoxy) is 2. The lowest BCUT2D eigenvalue weighted by molar-refractivity contribution is -0.132. The van der Waals surface area contributed by atoms with Gasteiger partial charge in [-0.15, -0.1) is 0 Å². The minimum Gasteiger partial charge on any atom is -0.492 e. The Bertz CT molecular complexity index is 1150. The molecule has 0 radical (unpaired) electrons. The highest BCUT2D eigenvalue weighted by Crippen LogP contribution is 2.21. The van der Waals surface area contributed by atoms with Gasteiger partial charge < -0.3 is 24.0 Å². The number of hydrogen-bond acceptors (Lipinski definition) is 6. The molecule has 0 saturated carbocycles. The third-order valence-electron chi connectivity index (χ3n) is 6.49. The zero-order chi connectivity index (χ0) is 25.5. The SMILES string of the molecule is CC(=O)N1CCN(Cc2cccc(OCCn3ccnc3C)c2)CC(O)(COc2ccc(C)cc2)C1. The van der Waals surface area contributed by atoms with Crippen LogP contribution >= 0.6 is 0 Å². The average molecular weight is 493 g/mol. The second-order valence-corrected chi connectivity index (χ2v) is 9.64. The van der Waals surface area contributed by atoms with Crippen molar-refractivity contribution in [1.82, 2.24) is 19.4 Å². The number of aromatic nitrogens is 2. The summed E-state index contributed by atoms with van der Waals surface area (Å²) < 4.78 is 14.0. The fourth-order valence-corrected chi connectivity index (χ4v) is 4.48. The number of benzene rings is 2. The number of carbonyl (C=O) groups excluding carboxylic acids is 1. The van der Waals surface area contributed by atoms with Crippen LogP contribution in [-0.2, 0) is 17.9 Å². The maximum Gasteiger partial charge on any atom is 0.219 e. The van der Waals surface area contributed by atoms with Crippen molar-refractivity contribution in [2.24, 2.45) is 0 Å². The van der Waals surface area contributed by atoms with Crippen molar-refractivity contribution in [3.05, 3.63) is 77.9 Å². The first-order valence-corrected chi connectivity index (χ1v) is 12.4. The fraction of sp³-hybridized carbons (Fsp3) is 0.429. The van der Waals surface area contributed by atoms with Crippen LogP contribution < -0.4 is 9.47 Å². The van der Waals surface area contributed by atoms with Crippen molar-refractivity contribution in [2.45, 2.75) is 39.5 Å². The molecular weight excluding hydrogens is 456 g/mol. The average Bonchev–Trinajstić information content (AvgIpc) is 3.17. The summed E-state index contributed by atoms with van der Waals surface area (Å²) in [5.74, 6) is 2.43. The molecule has 4 rings (SSSR count). The molecule has 1 aromatic heterocycles. The quantitative estimate of drug-likeness (QED) is 0.495. The molecule has 1 aliphatic heterocycles. The zero-order valence-corrected chi connectivity index (χ0v) is 21.4. The van der Waals surface area contributed by atoms with Crippen LogP contribution in [0.1, 0.15) is 23.9 Å². The van der Waals surface area contributed by atoms with E-state index in [4.69, 9.17) is 9.47 Å². The van der Waals surface area contributed by atoms with E-state index in [2.05, 4.69) is 20.5 Å². The number of carbonyl (C=O) groups is 1. The highest BCUT2D eigenvalue weighted by Gasteiger charge is 2.36. The van der Waals surface area contributed by atoms with Gasteiger partial charge in [0, 0.05) is 45.5 Å². The van der Waals surface area contributed by atoms with Gasteiger partial charge in [0.25, 0.3) is 0 Å². The normalized spacial score (nSPS) is 18.6. The van der Waals surface area contributed by atoms with Gasteiger partial charge in [0.15, 0.2) is 0 Å². The predicted octanol–water partition coefficient (Wildman–Crippen LogP) is 3.05. The fourth-order valence-electron chi connectivity index (χ4n) is 4.48. The molecule has 1 unspecified atom stereocenters. The molecule has 0 bridgehead atoms. The highest BCUT2D eigenvalue weighted by atomic mass is 16.5. The van der Waals surface area contributed by atoms with Crippen molar-refractivity contribution >= 4 is 5.91 Å². The van der Waals surface area contributed by atoms with Gasteiger partial charge in [-0.1, -0.05) is 29.8 Å². The number of aryl methyl sites for hydroxylation is 2. The Labute approximate surface area is 213 Å². The maximum atomic E-state index is 12.2. The lowest BCUT2D eigenvalue weighted by Crippen LogP contribution is -2.51. The Morgan fingerprint density at radius 3 is 2.58 bits per heavy atom. The van der Waals surface area contributed by atoms with Crippen molar-refractivity contribution in [1.29, 1.82) is 0 Å². The molecule has 0 aliphatic carbocycles. The first kappa shape index (κ1) is 25.7. The standard InChI is InChI=1S/C28H36N4O4/c1-22-7-9-26(10-8-22)36-21-28(34)19-30(13-14-32(20-28)24(3)33)18-25-5-4-6-27(17-25)35-16-15-31-12-11-29-23(31)2/h4-12,17,34H,13-16,18-21H2,1-3H3. The summed E-state index contributed by atoms with van der Waals surface area (Å²) in [5.41, 5.74) is 1.04. The van der Waals surface area contributed by atoms with Gasteiger partial charge in [-0.3, -0.25) is 9.69 Å². The molecule has 1 fully saturated rings. The molecule has 0 spiro atoms. The largest absolute Gasteiger partial charge is 0.492 e. The Kier molecular flexibility index (Phi) is 8.28. The third-order valence-corrected chi connectivity index (χ3v) is 6.49. The predicted molar refractivity (Wildman–Crippen MR) is 138 cm³/mol. The lowest BCUT2D eigenvalue weighted by atomic mass is 10.0. The van der Waals surface area contributed by atoms with E-state index in [1.165, 1.54) is 0 Å². The lowest BCUT2D eigenvalue weighted by Gasteiger charge is -2.32. The summed E-state index contributed by atoms with van der Waals surface area (Å²) in [5, 5.41) is 11.5. The molecule has 1 aliphatic rings. The summed E-state index contributed by atoms with van der Waals surface area (Å²) in [7, 11) is 0. The van der Waals surface area contributed by atoms with Crippen LogP contribution in [0.3, 0.4) is 0 Å². The molecule has 3 aromatic rings. The Morgan fingerprint density at radius 1 is 1.06 bits per heavy atom. The van der Waals surface area contributed by atoms with E-state index in [1.54, 1.807) is 18.0 Å². The summed E-state index contributed by atoms with van der Waals surface area (Å²) >= 11 is 0. The number of hydrogen-bond donors (Lipinski definition) is 1. The topological polar surface area (TPSA) is 80.1 Å². The maximum absolute atomic E-state index is 12.2. The van der Waals surface area contributed by atoms with E-state index in [0.29, 0.717) is 38.5 Å². The van der Waals surface area contributed by atoms with Gasteiger partial charge in [0.1, 0.15) is 36.1 Å². The summed E-state index contributed by atoms with van der Waals surface area (Å²) in [6.07, 6.45) is 3.74. The van der Waals surface area contributed by atoms with Crippen molar-refractivity contribution < 1.29 is 19.4 Å². The number of amides is 1. The van der Waals surface area contributed by atoms with Crippen LogP contribution in [0.15, 0.2) is 60.9 Å². The van der Waals surface area contributed by atoms with E-state index >= 15 is 0 Å². The molecule has 8 heteroatoms. The molecule has 1 saturated heterocycles. The molecule has 1 N–H and O–H groups in total. The van der Waals surface area contributed by atoms with E-state index in [9.17, 15) is 9.90 Å². The number of rotatable bonds is 9. The Hall–Kier alpha value is -3.36. The van der Waals surface area contributed by atoms with Gasteiger partial charge in [0.2, 0.25) is 5.91 Å². The minimum atomic E-state index is -1.19. The highest BCUT2D eigenvalue weighted by molar-refractivity contribution is 5.73. The smallest absolute Gasteiger partial charge is 0.219 e. The second-order valence-electron chi connectivity index (χ2n) is 9.64. The summed E-state index contributed by atoms with van der Waals surface area (Å²) in [6.45, 7) is 9.42. The van der Waals surface area contributed by atoms with Crippen LogP contribution in [0.5, 0.6) is 11.5 Å². The van der Waals surface area contributed by atoms with Gasteiger partial charge in [-0.05, 0) is 43.7 Å². The van der Waals surface area contributed by atoms with Gasteiger partial charge in [-0.2, -0.15) is 0 Å². The Morgan fingerprint density at radius 2 is 1.86 bits per heavy atom. The number of β-amino-alcohol motifs (C(OH)–C–C–N with tert-alkyl or cyclic N) is 1. The molecule has 1 atom stereocenters. The van der Waals surface area contributed by atoms with Gasteiger partial charge in [0.05, 0.1) is 13.1 Å². The molecule has 2 heterocycles. The molecule has 36 heavy (non-hydrogen) atoms. The summed E-state index contributed by atoms with van der Waals surface area (Å²) in [6, 6.07) is 15.8. The van der Waals surface area contributed by atoms with Gasteiger partial charge in [-0.25, -0.2) is 4.98 Å². The van der Waals surface area contributed by atoms with Gasteiger partial charge >= 0.3 is 0 Å². The van der Waals surface area contributed by atoms with E-state index in [1.807, 2.05) is 62.5 Å². The van der Waals surface area contributed by atoms with E-state index in [0.717, 1.165) is 29.2 Å². The zero-order valence-electron chi connectivity index (χ0n) is 21.4. The van der Waals surface area contributed by atoms with Crippen molar-refractivity contribution in [2.75, 3.05) is 39.4 Å². The molecule has 192 valence electrons. The molecule has 8 nitrogen and oxygen atoms in total. The number of imidazole rings is 1. The monoisotopic (exact) mass is 492 g/mol. The molecular formula is C28H36N4O4. The van der Waals surface area contributed by atoms with Crippen LogP contribution in [0.2, 0.25) is 0 Å². The van der Waals surface area contributed by atoms with Crippen molar-refractivity contribution in [3.63, 3.8) is 0 Å². The number of aliphatic hydroxyl groups is 1. The van der Waals surface area contributed by atoms with Crippen LogP contribution in [0.4, 0.5) is 0 Å². The van der Waals surface area contributed by atoms with Crippen LogP contribution in [0.25, 0.3) is 0 Å². The van der Waals surface area contributed by atoms with E-state index < -0.39 is 5.60 Å². The second kappa shape index (κ2) is 11.6. The minimum absolute atomic E-state index is 0.0471. The first-order chi connectivity index (χ1) is 17.3. The Balaban J connectivity index is 1.39. The third kappa shape index (κ3) is 7.08. The molecule has 1 amide bonds. The van der Waals surface area contributed by atoms with Crippen molar-refractivity contribution in [3.8, 4) is 11.5 Å². The summed E-state index contributed by atoms with van der Waals surface area (Å²) in [4.78, 5) is 20.3. The first-order valence-electron chi connectivity index (χ1n) is 12.4. The molecule has 2 aromatic carbocycles. The van der Waals surface area contributed by atoms with E-state index in [-0.39, 0.29) is 19.1 Å².